The zero-order chi connectivity index (χ0) is 15.6. The summed E-state index contributed by atoms with van der Waals surface area (Å²) in [5.74, 6) is -3.19. The number of alkyl halides is 2. The van der Waals surface area contributed by atoms with Gasteiger partial charge in [-0.3, -0.25) is 10.1 Å². The number of carbonyl (C=O) groups is 1. The summed E-state index contributed by atoms with van der Waals surface area (Å²) in [4.78, 5) is 11.8. The molecule has 1 aromatic heterocycles. The van der Waals surface area contributed by atoms with Gasteiger partial charge in [0.2, 0.25) is 5.91 Å². The standard InChI is InChI=1S/C15H16F2N4O.ClH/c16-15(17)8-13(19-10-15)14(22)18-9-11-2-4-12(5-3-11)21-7-1-6-20-21;/h1-7,13,19H,8-10H2,(H,18,22);1H. The molecule has 23 heavy (non-hydrogen) atoms. The van der Waals surface area contributed by atoms with Gasteiger partial charge in [-0.25, -0.2) is 13.5 Å². The average Bonchev–Trinajstić information content (AvgIpc) is 3.15. The zero-order valence-electron chi connectivity index (χ0n) is 12.2. The van der Waals surface area contributed by atoms with Gasteiger partial charge in [0, 0.05) is 25.4 Å². The number of halogens is 3. The molecule has 1 atom stereocenters. The second-order valence-electron chi connectivity index (χ2n) is 5.33. The summed E-state index contributed by atoms with van der Waals surface area (Å²) < 4.78 is 27.8. The number of nitrogens with zero attached hydrogens (tertiary/aromatic N) is 2. The van der Waals surface area contributed by atoms with Crippen LogP contribution in [0.5, 0.6) is 0 Å². The molecule has 0 bridgehead atoms. The van der Waals surface area contributed by atoms with E-state index < -0.39 is 30.8 Å². The molecule has 1 amide bonds. The van der Waals surface area contributed by atoms with Gasteiger partial charge in [0.15, 0.2) is 0 Å². The third-order valence-corrected chi connectivity index (χ3v) is 3.60. The third kappa shape index (κ3) is 4.27. The van der Waals surface area contributed by atoms with Crippen molar-refractivity contribution in [2.45, 2.75) is 24.9 Å². The molecule has 1 aliphatic heterocycles. The molecule has 8 heteroatoms. The van der Waals surface area contributed by atoms with E-state index >= 15 is 0 Å². The molecule has 1 aliphatic rings. The Morgan fingerprint density at radius 2 is 2.13 bits per heavy atom. The first-order valence-corrected chi connectivity index (χ1v) is 7.01. The Bertz CT molecular complexity index is 646. The Balaban J connectivity index is 0.00000192. The lowest BCUT2D eigenvalue weighted by Gasteiger charge is -2.11. The first-order valence-electron chi connectivity index (χ1n) is 7.01. The van der Waals surface area contributed by atoms with Crippen LogP contribution in [-0.2, 0) is 11.3 Å². The summed E-state index contributed by atoms with van der Waals surface area (Å²) in [6.45, 7) is -0.133. The van der Waals surface area contributed by atoms with Crippen molar-refractivity contribution < 1.29 is 13.6 Å². The Kier molecular flexibility index (Phi) is 5.33. The highest BCUT2D eigenvalue weighted by atomic mass is 35.5. The van der Waals surface area contributed by atoms with Gasteiger partial charge >= 0.3 is 0 Å². The summed E-state index contributed by atoms with van der Waals surface area (Å²) in [6.07, 6.45) is 3.08. The lowest BCUT2D eigenvalue weighted by Crippen LogP contribution is -2.40. The lowest BCUT2D eigenvalue weighted by atomic mass is 10.1. The van der Waals surface area contributed by atoms with Crippen molar-refractivity contribution in [1.82, 2.24) is 20.4 Å². The molecule has 0 spiro atoms. The molecule has 2 aromatic rings. The van der Waals surface area contributed by atoms with Crippen LogP contribution in [0.15, 0.2) is 42.7 Å². The predicted molar refractivity (Wildman–Crippen MR) is 84.0 cm³/mol. The number of amides is 1. The third-order valence-electron chi connectivity index (χ3n) is 3.60. The molecule has 1 saturated heterocycles. The smallest absolute Gasteiger partial charge is 0.262 e. The maximum Gasteiger partial charge on any atom is 0.262 e. The number of aromatic nitrogens is 2. The highest BCUT2D eigenvalue weighted by Crippen LogP contribution is 2.25. The molecule has 1 unspecified atom stereocenters. The number of benzene rings is 1. The fraction of sp³-hybridized carbons (Fsp3) is 0.333. The van der Waals surface area contributed by atoms with Gasteiger partial charge in [-0.1, -0.05) is 12.1 Å². The van der Waals surface area contributed by atoms with Crippen LogP contribution in [0.1, 0.15) is 12.0 Å². The molecule has 2 N–H and O–H groups in total. The summed E-state index contributed by atoms with van der Waals surface area (Å²) in [7, 11) is 0. The van der Waals surface area contributed by atoms with Crippen LogP contribution in [0.4, 0.5) is 8.78 Å². The van der Waals surface area contributed by atoms with E-state index in [-0.39, 0.29) is 12.4 Å². The van der Waals surface area contributed by atoms with Gasteiger partial charge in [0.25, 0.3) is 5.92 Å². The van der Waals surface area contributed by atoms with E-state index in [1.807, 2.05) is 36.5 Å². The highest BCUT2D eigenvalue weighted by Gasteiger charge is 2.42. The molecule has 124 valence electrons. The molecular weight excluding hydrogens is 326 g/mol. The number of rotatable bonds is 4. The topological polar surface area (TPSA) is 59.0 Å². The van der Waals surface area contributed by atoms with Crippen LogP contribution in [-0.4, -0.2) is 34.2 Å². The quantitative estimate of drug-likeness (QED) is 0.892. The lowest BCUT2D eigenvalue weighted by molar-refractivity contribution is -0.123. The van der Waals surface area contributed by atoms with Gasteiger partial charge in [-0.2, -0.15) is 5.10 Å². The van der Waals surface area contributed by atoms with E-state index in [4.69, 9.17) is 0 Å². The molecule has 3 rings (SSSR count). The zero-order valence-corrected chi connectivity index (χ0v) is 13.0. The second-order valence-corrected chi connectivity index (χ2v) is 5.33. The first kappa shape index (κ1) is 17.4. The van der Waals surface area contributed by atoms with Crippen LogP contribution < -0.4 is 10.6 Å². The maximum atomic E-state index is 13.0. The number of hydrogen-bond donors (Lipinski definition) is 2. The Morgan fingerprint density at radius 3 is 2.70 bits per heavy atom. The molecule has 2 heterocycles. The van der Waals surface area contributed by atoms with Crippen molar-refractivity contribution in [2.24, 2.45) is 0 Å². The Labute approximate surface area is 138 Å². The van der Waals surface area contributed by atoms with Crippen LogP contribution >= 0.6 is 12.4 Å². The van der Waals surface area contributed by atoms with Gasteiger partial charge in [-0.15, -0.1) is 12.4 Å². The van der Waals surface area contributed by atoms with E-state index in [0.29, 0.717) is 6.54 Å². The highest BCUT2D eigenvalue weighted by molar-refractivity contribution is 5.85. The van der Waals surface area contributed by atoms with Crippen LogP contribution in [0.25, 0.3) is 5.69 Å². The van der Waals surface area contributed by atoms with Gasteiger partial charge in [0.1, 0.15) is 0 Å². The number of hydrogen-bond acceptors (Lipinski definition) is 3. The van der Waals surface area contributed by atoms with Gasteiger partial charge in [-0.05, 0) is 23.8 Å². The molecular formula is C15H17ClF2N4O. The monoisotopic (exact) mass is 342 g/mol. The summed E-state index contributed by atoms with van der Waals surface area (Å²) >= 11 is 0. The molecule has 1 aromatic carbocycles. The van der Waals surface area contributed by atoms with Crippen molar-refractivity contribution in [3.8, 4) is 5.69 Å². The average molecular weight is 343 g/mol. The summed E-state index contributed by atoms with van der Waals surface area (Å²) in [5.41, 5.74) is 1.81. The van der Waals surface area contributed by atoms with Crippen LogP contribution in [0.3, 0.4) is 0 Å². The van der Waals surface area contributed by atoms with E-state index in [1.54, 1.807) is 10.9 Å². The summed E-state index contributed by atoms with van der Waals surface area (Å²) in [6, 6.07) is 8.52. The molecule has 0 saturated carbocycles. The van der Waals surface area contributed by atoms with Crippen molar-refractivity contribution in [2.75, 3.05) is 6.54 Å². The molecule has 0 radical (unpaired) electrons. The SMILES string of the molecule is Cl.O=C(NCc1ccc(-n2cccn2)cc1)C1CC(F)(F)CN1. The van der Waals surface area contributed by atoms with E-state index in [0.717, 1.165) is 11.3 Å². The number of carbonyl (C=O) groups excluding carboxylic acids is 1. The molecule has 0 aliphatic carbocycles. The van der Waals surface area contributed by atoms with Crippen molar-refractivity contribution >= 4 is 18.3 Å². The fourth-order valence-electron chi connectivity index (χ4n) is 2.40. The minimum Gasteiger partial charge on any atom is -0.351 e. The van der Waals surface area contributed by atoms with E-state index in [9.17, 15) is 13.6 Å². The minimum atomic E-state index is -2.80. The largest absolute Gasteiger partial charge is 0.351 e. The Morgan fingerprint density at radius 1 is 1.39 bits per heavy atom. The maximum absolute atomic E-state index is 13.0. The van der Waals surface area contributed by atoms with E-state index in [2.05, 4.69) is 15.7 Å². The van der Waals surface area contributed by atoms with Crippen molar-refractivity contribution in [1.29, 1.82) is 0 Å². The molecule has 1 fully saturated rings. The van der Waals surface area contributed by atoms with Crippen molar-refractivity contribution in [3.63, 3.8) is 0 Å². The van der Waals surface area contributed by atoms with Gasteiger partial charge in [0.05, 0.1) is 18.3 Å². The Hall–Kier alpha value is -1.99. The second kappa shape index (κ2) is 7.06. The van der Waals surface area contributed by atoms with Crippen molar-refractivity contribution in [3.05, 3.63) is 48.3 Å². The minimum absolute atomic E-state index is 0. The van der Waals surface area contributed by atoms with Crippen LogP contribution in [0.2, 0.25) is 0 Å². The summed E-state index contributed by atoms with van der Waals surface area (Å²) in [5, 5.41) is 9.34. The number of nitrogens with one attached hydrogen (secondary N) is 2. The van der Waals surface area contributed by atoms with Gasteiger partial charge < -0.3 is 5.32 Å². The molecule has 5 nitrogen and oxygen atoms in total. The normalized spacial score (nSPS) is 19.1. The van der Waals surface area contributed by atoms with E-state index in [1.165, 1.54) is 0 Å². The van der Waals surface area contributed by atoms with Crippen LogP contribution in [0, 0.1) is 0 Å². The predicted octanol–water partition coefficient (Wildman–Crippen LogP) is 1.91. The first-order chi connectivity index (χ1) is 10.5. The fourth-order valence-corrected chi connectivity index (χ4v) is 2.40.